The molecule has 33 heavy (non-hydrogen) atoms. The summed E-state index contributed by atoms with van der Waals surface area (Å²) in [6.45, 7) is 5.18. The van der Waals surface area contributed by atoms with Gasteiger partial charge in [-0.3, -0.25) is 14.6 Å². The highest BCUT2D eigenvalue weighted by atomic mass is 79.9. The van der Waals surface area contributed by atoms with Crippen LogP contribution in [0.25, 0.3) is 0 Å². The van der Waals surface area contributed by atoms with Gasteiger partial charge in [0, 0.05) is 17.6 Å². The number of piperazine rings is 1. The van der Waals surface area contributed by atoms with E-state index in [1.165, 1.54) is 5.01 Å². The third-order valence-electron chi connectivity index (χ3n) is 5.76. The Hall–Kier alpha value is -3.17. The monoisotopic (exact) mass is 511 g/mol. The summed E-state index contributed by atoms with van der Waals surface area (Å²) in [4.78, 5) is 41.8. The number of fused-ring (bicyclic) bond motifs is 1. The maximum atomic E-state index is 13.1. The summed E-state index contributed by atoms with van der Waals surface area (Å²) in [5.41, 5.74) is 1.97. The molecule has 4 amide bonds. The van der Waals surface area contributed by atoms with Crippen LogP contribution < -0.4 is 5.32 Å². The van der Waals surface area contributed by atoms with E-state index in [1.54, 1.807) is 20.9 Å². The number of hydrogen-bond donors (Lipinski definition) is 1. The van der Waals surface area contributed by atoms with Gasteiger partial charge in [-0.1, -0.05) is 64.5 Å². The summed E-state index contributed by atoms with van der Waals surface area (Å²) in [5, 5.41) is 6.17. The molecule has 0 aromatic heterocycles. The Morgan fingerprint density at radius 2 is 1.85 bits per heavy atom. The third-order valence-corrected chi connectivity index (χ3v) is 6.25. The van der Waals surface area contributed by atoms with Gasteiger partial charge in [0.15, 0.2) is 0 Å². The zero-order chi connectivity index (χ0) is 23.4. The van der Waals surface area contributed by atoms with Gasteiger partial charge in [0.1, 0.15) is 12.7 Å². The number of hydrogen-bond acceptors (Lipinski definition) is 4. The highest BCUT2D eigenvalue weighted by Crippen LogP contribution is 2.25. The molecule has 0 unspecified atom stereocenters. The number of carbonyl (C=O) groups excluding carboxylic acids is 3. The zero-order valence-electron chi connectivity index (χ0n) is 18.2. The summed E-state index contributed by atoms with van der Waals surface area (Å²) >= 11 is 3.46. The highest BCUT2D eigenvalue weighted by molar-refractivity contribution is 9.10. The largest absolute Gasteiger partial charge is 0.333 e. The van der Waals surface area contributed by atoms with E-state index in [9.17, 15) is 14.4 Å². The number of nitrogens with zero attached hydrogens (tertiary/aromatic N) is 4. The van der Waals surface area contributed by atoms with Gasteiger partial charge in [-0.05, 0) is 23.3 Å². The molecule has 2 aromatic rings. The Morgan fingerprint density at radius 1 is 1.09 bits per heavy atom. The second kappa shape index (κ2) is 10.2. The van der Waals surface area contributed by atoms with Crippen LogP contribution in [0.4, 0.5) is 4.79 Å². The van der Waals surface area contributed by atoms with Crippen LogP contribution in [0.15, 0.2) is 71.7 Å². The van der Waals surface area contributed by atoms with E-state index in [0.717, 1.165) is 15.6 Å². The van der Waals surface area contributed by atoms with E-state index in [2.05, 4.69) is 27.8 Å². The van der Waals surface area contributed by atoms with Crippen LogP contribution in [0, 0.1) is 0 Å². The van der Waals surface area contributed by atoms with Crippen molar-refractivity contribution in [3.05, 3.63) is 82.9 Å². The highest BCUT2D eigenvalue weighted by Gasteiger charge is 2.47. The number of rotatable bonds is 7. The molecule has 2 saturated heterocycles. The molecule has 2 aliphatic rings. The first-order valence-electron chi connectivity index (χ1n) is 10.7. The summed E-state index contributed by atoms with van der Waals surface area (Å²) in [7, 11) is 0. The van der Waals surface area contributed by atoms with Gasteiger partial charge in [-0.15, -0.1) is 6.58 Å². The van der Waals surface area contributed by atoms with Crippen molar-refractivity contribution >= 4 is 33.8 Å². The first-order valence-corrected chi connectivity index (χ1v) is 11.5. The number of amides is 4. The molecule has 8 nitrogen and oxygen atoms in total. The Bertz CT molecular complexity index is 1050. The minimum absolute atomic E-state index is 0.00155. The van der Waals surface area contributed by atoms with Gasteiger partial charge in [-0.2, -0.15) is 5.01 Å². The van der Waals surface area contributed by atoms with Crippen LogP contribution in [-0.4, -0.2) is 70.0 Å². The van der Waals surface area contributed by atoms with Crippen molar-refractivity contribution in [1.82, 2.24) is 25.1 Å². The van der Waals surface area contributed by atoms with E-state index in [4.69, 9.17) is 0 Å². The van der Waals surface area contributed by atoms with E-state index in [0.29, 0.717) is 19.6 Å². The number of urea groups is 1. The Morgan fingerprint density at radius 3 is 2.58 bits per heavy atom. The topological polar surface area (TPSA) is 76.2 Å². The third kappa shape index (κ3) is 5.26. The van der Waals surface area contributed by atoms with Gasteiger partial charge >= 0.3 is 6.03 Å². The van der Waals surface area contributed by atoms with Crippen molar-refractivity contribution in [1.29, 1.82) is 0 Å². The quantitative estimate of drug-likeness (QED) is 0.579. The van der Waals surface area contributed by atoms with E-state index < -0.39 is 6.17 Å². The second-order valence-electron chi connectivity index (χ2n) is 8.02. The SMILES string of the molecule is C=CCN(C(=O)NCc1ccccc1)N1CC(=O)N2CC(=O)N(Cc3cccc(Br)c3)C[C@@H]21. The lowest BCUT2D eigenvalue weighted by Gasteiger charge is -2.42. The number of halogens is 1. The average molecular weight is 512 g/mol. The summed E-state index contributed by atoms with van der Waals surface area (Å²) in [6.07, 6.45) is 1.22. The second-order valence-corrected chi connectivity index (χ2v) is 8.93. The van der Waals surface area contributed by atoms with Crippen LogP contribution in [0.2, 0.25) is 0 Å². The number of benzene rings is 2. The molecule has 4 rings (SSSR count). The van der Waals surface area contributed by atoms with Crippen LogP contribution >= 0.6 is 15.9 Å². The molecule has 172 valence electrons. The van der Waals surface area contributed by atoms with Gasteiger partial charge < -0.3 is 15.1 Å². The normalized spacial score (nSPS) is 18.3. The van der Waals surface area contributed by atoms with Gasteiger partial charge in [0.05, 0.1) is 19.6 Å². The smallest absolute Gasteiger partial charge is 0.332 e. The molecule has 0 bridgehead atoms. The number of nitrogens with one attached hydrogen (secondary N) is 1. The van der Waals surface area contributed by atoms with Crippen LogP contribution in [0.1, 0.15) is 11.1 Å². The minimum Gasteiger partial charge on any atom is -0.333 e. The lowest BCUT2D eigenvalue weighted by molar-refractivity contribution is -0.149. The Labute approximate surface area is 201 Å². The van der Waals surface area contributed by atoms with Crippen molar-refractivity contribution in [3.63, 3.8) is 0 Å². The molecule has 2 aliphatic heterocycles. The first-order chi connectivity index (χ1) is 16.0. The average Bonchev–Trinajstić information content (AvgIpc) is 3.11. The molecular formula is C24H26BrN5O3. The predicted octanol–water partition coefficient (Wildman–Crippen LogP) is 2.57. The Balaban J connectivity index is 1.49. The van der Waals surface area contributed by atoms with E-state index >= 15 is 0 Å². The molecule has 0 saturated carbocycles. The zero-order valence-corrected chi connectivity index (χ0v) is 19.8. The van der Waals surface area contributed by atoms with Gasteiger partial charge in [-0.25, -0.2) is 4.79 Å². The molecule has 0 aliphatic carbocycles. The van der Waals surface area contributed by atoms with Crippen LogP contribution in [0.3, 0.4) is 0 Å². The molecule has 0 radical (unpaired) electrons. The van der Waals surface area contributed by atoms with Crippen molar-refractivity contribution in [2.24, 2.45) is 0 Å². The predicted molar refractivity (Wildman–Crippen MR) is 127 cm³/mol. The summed E-state index contributed by atoms with van der Waals surface area (Å²) in [5.74, 6) is -0.273. The molecule has 2 heterocycles. The summed E-state index contributed by atoms with van der Waals surface area (Å²) < 4.78 is 0.941. The fraction of sp³-hybridized carbons (Fsp3) is 0.292. The minimum atomic E-state index is -0.412. The number of hydrazine groups is 1. The molecule has 9 heteroatoms. The maximum absolute atomic E-state index is 13.1. The van der Waals surface area contributed by atoms with Gasteiger partial charge in [0.25, 0.3) is 0 Å². The Kier molecular flexibility index (Phi) is 7.10. The molecular weight excluding hydrogens is 486 g/mol. The molecule has 2 fully saturated rings. The van der Waals surface area contributed by atoms with Crippen LogP contribution in [-0.2, 0) is 22.7 Å². The van der Waals surface area contributed by atoms with E-state index in [1.807, 2.05) is 54.6 Å². The summed E-state index contributed by atoms with van der Waals surface area (Å²) in [6, 6.07) is 17.1. The van der Waals surface area contributed by atoms with Gasteiger partial charge in [0.2, 0.25) is 11.8 Å². The first kappa shape index (κ1) is 23.0. The molecule has 1 N–H and O–H groups in total. The van der Waals surface area contributed by atoms with Crippen molar-refractivity contribution < 1.29 is 14.4 Å². The maximum Gasteiger partial charge on any atom is 0.332 e. The van der Waals surface area contributed by atoms with Crippen molar-refractivity contribution in [2.75, 3.05) is 26.2 Å². The van der Waals surface area contributed by atoms with Crippen molar-refractivity contribution in [2.45, 2.75) is 19.3 Å². The van der Waals surface area contributed by atoms with Crippen LogP contribution in [0.5, 0.6) is 0 Å². The lowest BCUT2D eigenvalue weighted by atomic mass is 10.2. The van der Waals surface area contributed by atoms with E-state index in [-0.39, 0.29) is 37.5 Å². The molecule has 1 atom stereocenters. The molecule has 2 aromatic carbocycles. The fourth-order valence-electron chi connectivity index (χ4n) is 4.14. The van der Waals surface area contributed by atoms with Crippen molar-refractivity contribution in [3.8, 4) is 0 Å². The molecule has 0 spiro atoms. The number of carbonyl (C=O) groups is 3. The standard InChI is InChI=1S/C24H26BrN5O3/c1-2-11-29(24(33)26-13-18-7-4-3-5-8-18)30-17-23(32)28-16-22(31)27(15-21(28)30)14-19-9-6-10-20(25)12-19/h2-10,12,21H,1,11,13-17H2,(H,26,33)/t21-/m0/s1. The lowest BCUT2D eigenvalue weighted by Crippen LogP contribution is -2.62. The fourth-order valence-corrected chi connectivity index (χ4v) is 4.59.